The Morgan fingerprint density at radius 1 is 1.42 bits per heavy atom. The highest BCUT2D eigenvalue weighted by Gasteiger charge is 2.22. The molecule has 0 aromatic heterocycles. The van der Waals surface area contributed by atoms with Gasteiger partial charge in [0.15, 0.2) is 11.5 Å². The van der Waals surface area contributed by atoms with Crippen molar-refractivity contribution in [1.82, 2.24) is 4.90 Å². The van der Waals surface area contributed by atoms with Gasteiger partial charge in [0.25, 0.3) is 0 Å². The van der Waals surface area contributed by atoms with E-state index in [1.165, 1.54) is 12.0 Å². The minimum absolute atomic E-state index is 0.212. The van der Waals surface area contributed by atoms with E-state index in [-0.39, 0.29) is 5.75 Å². The first-order chi connectivity index (χ1) is 9.22. The van der Waals surface area contributed by atoms with Crippen molar-refractivity contribution in [2.45, 2.75) is 19.9 Å². The second-order valence-corrected chi connectivity index (χ2v) is 5.08. The number of hydrogen-bond donors (Lipinski definition) is 1. The third kappa shape index (κ3) is 3.85. The Morgan fingerprint density at radius 2 is 2.26 bits per heavy atom. The summed E-state index contributed by atoms with van der Waals surface area (Å²) in [6.07, 6.45) is 1.20. The topological polar surface area (TPSA) is 41.9 Å². The van der Waals surface area contributed by atoms with Crippen LogP contribution in [0.5, 0.6) is 11.5 Å². The molecule has 1 heterocycles. The number of ether oxygens (including phenoxy) is 2. The molecule has 1 fully saturated rings. The molecule has 0 aliphatic carbocycles. The van der Waals surface area contributed by atoms with Gasteiger partial charge >= 0.3 is 0 Å². The fourth-order valence-corrected chi connectivity index (χ4v) is 2.61. The lowest BCUT2D eigenvalue weighted by Gasteiger charge is -2.17. The van der Waals surface area contributed by atoms with E-state index in [4.69, 9.17) is 9.47 Å². The lowest BCUT2D eigenvalue weighted by atomic mass is 10.1. The van der Waals surface area contributed by atoms with Gasteiger partial charge in [-0.2, -0.15) is 0 Å². The summed E-state index contributed by atoms with van der Waals surface area (Å²) in [7, 11) is 1.76. The van der Waals surface area contributed by atoms with Gasteiger partial charge in [-0.3, -0.25) is 4.90 Å². The maximum Gasteiger partial charge on any atom is 0.161 e. The average molecular weight is 265 g/mol. The van der Waals surface area contributed by atoms with E-state index in [1.54, 1.807) is 13.2 Å². The Morgan fingerprint density at radius 3 is 3.00 bits per heavy atom. The Balaban J connectivity index is 1.94. The minimum Gasteiger partial charge on any atom is -0.504 e. The predicted octanol–water partition coefficient (Wildman–Crippen LogP) is 2.26. The Labute approximate surface area is 114 Å². The minimum atomic E-state index is 0.212. The van der Waals surface area contributed by atoms with Gasteiger partial charge in [-0.05, 0) is 43.5 Å². The largest absolute Gasteiger partial charge is 0.504 e. The van der Waals surface area contributed by atoms with Crippen molar-refractivity contribution in [3.8, 4) is 11.5 Å². The lowest BCUT2D eigenvalue weighted by Crippen LogP contribution is -2.21. The molecule has 0 radical (unpaired) electrons. The molecule has 1 aliphatic heterocycles. The number of nitrogens with zero attached hydrogens (tertiary/aromatic N) is 1. The van der Waals surface area contributed by atoms with Crippen LogP contribution in [0.2, 0.25) is 0 Å². The zero-order chi connectivity index (χ0) is 13.7. The van der Waals surface area contributed by atoms with Crippen LogP contribution >= 0.6 is 0 Å². The molecular weight excluding hydrogens is 242 g/mol. The summed E-state index contributed by atoms with van der Waals surface area (Å²) in [4.78, 5) is 2.42. The number of phenolic OH excluding ortho intramolecular Hbond substituents is 1. The van der Waals surface area contributed by atoms with E-state index in [0.29, 0.717) is 18.3 Å². The molecular formula is C15H23NO3. The van der Waals surface area contributed by atoms with Crippen LogP contribution in [-0.4, -0.2) is 43.4 Å². The van der Waals surface area contributed by atoms with Crippen LogP contribution in [0.1, 0.15) is 18.9 Å². The van der Waals surface area contributed by atoms with Crippen molar-refractivity contribution >= 4 is 0 Å². The van der Waals surface area contributed by atoms with Crippen LogP contribution in [0.4, 0.5) is 0 Å². The third-order valence-corrected chi connectivity index (χ3v) is 3.50. The number of phenols is 1. The standard InChI is InChI=1S/C15H23NO3/c1-3-19-15-8-12(4-5-14(15)17)9-16-7-6-13(10-16)11-18-2/h4-5,8,13,17H,3,6-7,9-11H2,1-2H3. The second kappa shape index (κ2) is 6.78. The first-order valence-electron chi connectivity index (χ1n) is 6.89. The maximum absolute atomic E-state index is 9.68. The number of hydrogen-bond acceptors (Lipinski definition) is 4. The number of methoxy groups -OCH3 is 1. The lowest BCUT2D eigenvalue weighted by molar-refractivity contribution is 0.152. The van der Waals surface area contributed by atoms with E-state index in [0.717, 1.165) is 26.2 Å². The normalized spacial score (nSPS) is 19.8. The zero-order valence-corrected chi connectivity index (χ0v) is 11.8. The number of likely N-dealkylation sites (tertiary alicyclic amines) is 1. The third-order valence-electron chi connectivity index (χ3n) is 3.50. The summed E-state index contributed by atoms with van der Waals surface area (Å²) in [5.41, 5.74) is 1.18. The number of benzene rings is 1. The molecule has 4 heteroatoms. The molecule has 1 unspecified atom stereocenters. The highest BCUT2D eigenvalue weighted by molar-refractivity contribution is 5.41. The molecule has 0 spiro atoms. The quantitative estimate of drug-likeness (QED) is 0.856. The summed E-state index contributed by atoms with van der Waals surface area (Å²) in [5.74, 6) is 1.44. The van der Waals surface area contributed by atoms with Crippen molar-refractivity contribution in [2.75, 3.05) is 33.4 Å². The van der Waals surface area contributed by atoms with Crippen LogP contribution in [-0.2, 0) is 11.3 Å². The summed E-state index contributed by atoms with van der Waals surface area (Å²) in [6, 6.07) is 5.60. The van der Waals surface area contributed by atoms with E-state index in [9.17, 15) is 5.11 Å². The predicted molar refractivity (Wildman–Crippen MR) is 74.5 cm³/mol. The Kier molecular flexibility index (Phi) is 5.05. The van der Waals surface area contributed by atoms with E-state index in [2.05, 4.69) is 4.90 Å². The van der Waals surface area contributed by atoms with Crippen molar-refractivity contribution in [2.24, 2.45) is 5.92 Å². The first-order valence-corrected chi connectivity index (χ1v) is 6.89. The molecule has 19 heavy (non-hydrogen) atoms. The molecule has 2 rings (SSSR count). The zero-order valence-electron chi connectivity index (χ0n) is 11.8. The van der Waals surface area contributed by atoms with Gasteiger partial charge < -0.3 is 14.6 Å². The molecule has 4 nitrogen and oxygen atoms in total. The molecule has 106 valence electrons. The van der Waals surface area contributed by atoms with Gasteiger partial charge in [0, 0.05) is 20.2 Å². The highest BCUT2D eigenvalue weighted by Crippen LogP contribution is 2.28. The molecule has 1 aromatic rings. The molecule has 1 aliphatic rings. The number of aromatic hydroxyl groups is 1. The first kappa shape index (κ1) is 14.2. The Hall–Kier alpha value is -1.26. The fourth-order valence-electron chi connectivity index (χ4n) is 2.61. The van der Waals surface area contributed by atoms with Gasteiger partial charge in [0.2, 0.25) is 0 Å². The SMILES string of the molecule is CCOc1cc(CN2CCC(COC)C2)ccc1O. The van der Waals surface area contributed by atoms with Crippen molar-refractivity contribution in [1.29, 1.82) is 0 Å². The summed E-state index contributed by atoms with van der Waals surface area (Å²) in [5, 5.41) is 9.68. The average Bonchev–Trinajstić information content (AvgIpc) is 2.82. The van der Waals surface area contributed by atoms with Crippen LogP contribution in [0.15, 0.2) is 18.2 Å². The molecule has 1 N–H and O–H groups in total. The van der Waals surface area contributed by atoms with Crippen molar-refractivity contribution in [3.05, 3.63) is 23.8 Å². The summed E-state index contributed by atoms with van der Waals surface area (Å²) < 4.78 is 10.6. The second-order valence-electron chi connectivity index (χ2n) is 5.08. The summed E-state index contributed by atoms with van der Waals surface area (Å²) >= 11 is 0. The van der Waals surface area contributed by atoms with Crippen LogP contribution in [0.3, 0.4) is 0 Å². The molecule has 1 saturated heterocycles. The van der Waals surface area contributed by atoms with Crippen LogP contribution in [0.25, 0.3) is 0 Å². The molecule has 1 aromatic carbocycles. The van der Waals surface area contributed by atoms with Gasteiger partial charge in [-0.15, -0.1) is 0 Å². The van der Waals surface area contributed by atoms with Crippen molar-refractivity contribution < 1.29 is 14.6 Å². The van der Waals surface area contributed by atoms with Gasteiger partial charge in [0.05, 0.1) is 13.2 Å². The van der Waals surface area contributed by atoms with Gasteiger partial charge in [-0.25, -0.2) is 0 Å². The van der Waals surface area contributed by atoms with Crippen LogP contribution in [0, 0.1) is 5.92 Å². The summed E-state index contributed by atoms with van der Waals surface area (Å²) in [6.45, 7) is 6.42. The fraction of sp³-hybridized carbons (Fsp3) is 0.600. The van der Waals surface area contributed by atoms with E-state index >= 15 is 0 Å². The molecule has 0 saturated carbocycles. The van der Waals surface area contributed by atoms with Gasteiger partial charge in [0.1, 0.15) is 0 Å². The van der Waals surface area contributed by atoms with E-state index < -0.39 is 0 Å². The van der Waals surface area contributed by atoms with Crippen LogP contribution < -0.4 is 4.74 Å². The van der Waals surface area contributed by atoms with Gasteiger partial charge in [-0.1, -0.05) is 6.07 Å². The van der Waals surface area contributed by atoms with E-state index in [1.807, 2.05) is 19.1 Å². The molecule has 0 bridgehead atoms. The Bertz CT molecular complexity index is 408. The maximum atomic E-state index is 9.68. The van der Waals surface area contributed by atoms with Crippen molar-refractivity contribution in [3.63, 3.8) is 0 Å². The molecule has 1 atom stereocenters. The smallest absolute Gasteiger partial charge is 0.161 e. The monoisotopic (exact) mass is 265 g/mol. The number of rotatable bonds is 6. The molecule has 0 amide bonds. The highest BCUT2D eigenvalue weighted by atomic mass is 16.5.